The van der Waals surface area contributed by atoms with E-state index in [-0.39, 0.29) is 11.9 Å². The maximum atomic E-state index is 12.0. The number of rotatable bonds is 3. The van der Waals surface area contributed by atoms with Crippen LogP contribution in [-0.2, 0) is 0 Å². The second-order valence-corrected chi connectivity index (χ2v) is 4.83. The van der Waals surface area contributed by atoms with Crippen LogP contribution in [0.4, 0.5) is 0 Å². The number of pyridine rings is 1. The monoisotopic (exact) mass is 252 g/mol. The molecular formula is C13H17ClN2O. The number of alkyl halides is 1. The first kappa shape index (κ1) is 12.4. The van der Waals surface area contributed by atoms with Crippen molar-refractivity contribution in [3.05, 3.63) is 30.1 Å². The molecule has 1 aliphatic carbocycles. The number of hydrogen-bond donors (Lipinski definition) is 1. The molecule has 0 saturated heterocycles. The van der Waals surface area contributed by atoms with Gasteiger partial charge in [0, 0.05) is 24.3 Å². The second kappa shape index (κ2) is 6.01. The third-order valence-corrected chi connectivity index (χ3v) is 3.74. The lowest BCUT2D eigenvalue weighted by molar-refractivity contribution is 0.0911. The van der Waals surface area contributed by atoms with E-state index in [2.05, 4.69) is 10.3 Å². The summed E-state index contributed by atoms with van der Waals surface area (Å²) < 4.78 is 0. The summed E-state index contributed by atoms with van der Waals surface area (Å²) in [6.45, 7) is 0. The minimum Gasteiger partial charge on any atom is -0.349 e. The summed E-state index contributed by atoms with van der Waals surface area (Å²) in [5, 5.41) is 3.07. The number of nitrogens with one attached hydrogen (secondary N) is 1. The number of amides is 1. The Balaban J connectivity index is 1.98. The van der Waals surface area contributed by atoms with Crippen molar-refractivity contribution in [1.29, 1.82) is 0 Å². The number of nitrogens with zero attached hydrogens (tertiary/aromatic N) is 1. The lowest BCUT2D eigenvalue weighted by Crippen LogP contribution is -2.42. The highest BCUT2D eigenvalue weighted by Crippen LogP contribution is 2.25. The zero-order chi connectivity index (χ0) is 12.1. The van der Waals surface area contributed by atoms with Gasteiger partial charge in [-0.3, -0.25) is 9.78 Å². The average molecular weight is 253 g/mol. The third-order valence-electron chi connectivity index (χ3n) is 3.35. The Morgan fingerprint density at radius 3 is 3.00 bits per heavy atom. The van der Waals surface area contributed by atoms with Gasteiger partial charge in [0.15, 0.2) is 0 Å². The molecule has 1 aliphatic rings. The van der Waals surface area contributed by atoms with Gasteiger partial charge in [-0.05, 0) is 30.9 Å². The zero-order valence-corrected chi connectivity index (χ0v) is 10.5. The first-order valence-electron chi connectivity index (χ1n) is 6.08. The van der Waals surface area contributed by atoms with E-state index in [0.29, 0.717) is 17.4 Å². The van der Waals surface area contributed by atoms with Crippen molar-refractivity contribution in [3.63, 3.8) is 0 Å². The molecule has 0 aromatic carbocycles. The number of aromatic nitrogens is 1. The molecular weight excluding hydrogens is 236 g/mol. The van der Waals surface area contributed by atoms with E-state index in [0.717, 1.165) is 12.8 Å². The van der Waals surface area contributed by atoms with E-state index >= 15 is 0 Å². The lowest BCUT2D eigenvalue weighted by Gasteiger charge is -2.30. The summed E-state index contributed by atoms with van der Waals surface area (Å²) in [5.41, 5.74) is 0.617. The van der Waals surface area contributed by atoms with Gasteiger partial charge in [-0.2, -0.15) is 0 Å². The lowest BCUT2D eigenvalue weighted by atomic mass is 9.85. The van der Waals surface area contributed by atoms with Gasteiger partial charge >= 0.3 is 0 Å². The van der Waals surface area contributed by atoms with Crippen molar-refractivity contribution in [2.45, 2.75) is 31.7 Å². The normalized spacial score (nSPS) is 24.3. The average Bonchev–Trinajstić information content (AvgIpc) is 2.40. The van der Waals surface area contributed by atoms with Crippen LogP contribution in [0.25, 0.3) is 0 Å². The van der Waals surface area contributed by atoms with E-state index in [1.165, 1.54) is 12.8 Å². The largest absolute Gasteiger partial charge is 0.349 e. The topological polar surface area (TPSA) is 42.0 Å². The molecule has 17 heavy (non-hydrogen) atoms. The van der Waals surface area contributed by atoms with E-state index < -0.39 is 0 Å². The SMILES string of the molecule is O=C(NC1CCCCC1CCl)c1cccnc1. The maximum Gasteiger partial charge on any atom is 0.253 e. The Bertz CT molecular complexity index is 369. The van der Waals surface area contributed by atoms with Crippen molar-refractivity contribution in [3.8, 4) is 0 Å². The second-order valence-electron chi connectivity index (χ2n) is 4.52. The molecule has 92 valence electrons. The van der Waals surface area contributed by atoms with E-state index in [4.69, 9.17) is 11.6 Å². The van der Waals surface area contributed by atoms with Gasteiger partial charge in [0.1, 0.15) is 0 Å². The first-order chi connectivity index (χ1) is 8.31. The van der Waals surface area contributed by atoms with Crippen LogP contribution in [0.15, 0.2) is 24.5 Å². The molecule has 2 atom stereocenters. The van der Waals surface area contributed by atoms with Gasteiger partial charge in [-0.1, -0.05) is 12.8 Å². The quantitative estimate of drug-likeness (QED) is 0.841. The molecule has 0 radical (unpaired) electrons. The van der Waals surface area contributed by atoms with E-state index in [9.17, 15) is 4.79 Å². The Morgan fingerprint density at radius 2 is 2.29 bits per heavy atom. The Labute approximate surface area is 107 Å². The van der Waals surface area contributed by atoms with Crippen LogP contribution < -0.4 is 5.32 Å². The summed E-state index contributed by atoms with van der Waals surface area (Å²) in [6.07, 6.45) is 7.79. The van der Waals surface area contributed by atoms with Crippen LogP contribution in [0.5, 0.6) is 0 Å². The number of halogens is 1. The standard InChI is InChI=1S/C13H17ClN2O/c14-8-10-4-1-2-6-12(10)16-13(17)11-5-3-7-15-9-11/h3,5,7,9-10,12H,1-2,4,6,8H2,(H,16,17). The molecule has 0 spiro atoms. The molecule has 3 nitrogen and oxygen atoms in total. The number of hydrogen-bond acceptors (Lipinski definition) is 2. The molecule has 2 unspecified atom stereocenters. The molecule has 0 bridgehead atoms. The molecule has 1 saturated carbocycles. The highest BCUT2D eigenvalue weighted by atomic mass is 35.5. The fourth-order valence-electron chi connectivity index (χ4n) is 2.33. The fraction of sp³-hybridized carbons (Fsp3) is 0.538. The van der Waals surface area contributed by atoms with Crippen LogP contribution in [-0.4, -0.2) is 22.8 Å². The van der Waals surface area contributed by atoms with Crippen molar-refractivity contribution < 1.29 is 4.79 Å². The van der Waals surface area contributed by atoms with Crippen LogP contribution in [0.2, 0.25) is 0 Å². The minimum atomic E-state index is -0.0416. The summed E-state index contributed by atoms with van der Waals surface area (Å²) in [5.74, 6) is 0.990. The molecule has 4 heteroatoms. The Kier molecular flexibility index (Phi) is 4.37. The summed E-state index contributed by atoms with van der Waals surface area (Å²) >= 11 is 5.94. The van der Waals surface area contributed by atoms with Crippen molar-refractivity contribution in [2.75, 3.05) is 5.88 Å². The molecule has 1 aromatic rings. The fourth-order valence-corrected chi connectivity index (χ4v) is 2.70. The summed E-state index contributed by atoms with van der Waals surface area (Å²) in [7, 11) is 0. The van der Waals surface area contributed by atoms with Gasteiger partial charge in [0.2, 0.25) is 0 Å². The van der Waals surface area contributed by atoms with Gasteiger partial charge < -0.3 is 5.32 Å². The molecule has 1 aromatic heterocycles. The van der Waals surface area contributed by atoms with Crippen LogP contribution in [0, 0.1) is 5.92 Å². The maximum absolute atomic E-state index is 12.0. The van der Waals surface area contributed by atoms with Crippen molar-refractivity contribution in [1.82, 2.24) is 10.3 Å². The smallest absolute Gasteiger partial charge is 0.253 e. The predicted octanol–water partition coefficient (Wildman–Crippen LogP) is 2.61. The third kappa shape index (κ3) is 3.19. The van der Waals surface area contributed by atoms with Crippen molar-refractivity contribution in [2.24, 2.45) is 5.92 Å². The highest BCUT2D eigenvalue weighted by Gasteiger charge is 2.25. The van der Waals surface area contributed by atoms with Crippen LogP contribution >= 0.6 is 11.6 Å². The van der Waals surface area contributed by atoms with Crippen LogP contribution in [0.1, 0.15) is 36.0 Å². The molecule has 1 fully saturated rings. The highest BCUT2D eigenvalue weighted by molar-refractivity contribution is 6.18. The molecule has 1 amide bonds. The van der Waals surface area contributed by atoms with Gasteiger partial charge in [0.05, 0.1) is 5.56 Å². The minimum absolute atomic E-state index is 0.0416. The molecule has 1 N–H and O–H groups in total. The molecule has 2 rings (SSSR count). The molecule has 1 heterocycles. The number of carbonyl (C=O) groups excluding carboxylic acids is 1. The molecule has 0 aliphatic heterocycles. The first-order valence-corrected chi connectivity index (χ1v) is 6.61. The van der Waals surface area contributed by atoms with E-state index in [1.54, 1.807) is 24.5 Å². The van der Waals surface area contributed by atoms with Gasteiger partial charge in [-0.15, -0.1) is 11.6 Å². The predicted molar refractivity (Wildman–Crippen MR) is 68.2 cm³/mol. The van der Waals surface area contributed by atoms with Gasteiger partial charge in [0.25, 0.3) is 5.91 Å². The Hall–Kier alpha value is -1.09. The zero-order valence-electron chi connectivity index (χ0n) is 9.73. The number of carbonyl (C=O) groups is 1. The van der Waals surface area contributed by atoms with Crippen LogP contribution in [0.3, 0.4) is 0 Å². The Morgan fingerprint density at radius 1 is 1.47 bits per heavy atom. The van der Waals surface area contributed by atoms with E-state index in [1.807, 2.05) is 0 Å². The summed E-state index contributed by atoms with van der Waals surface area (Å²) in [4.78, 5) is 15.9. The summed E-state index contributed by atoms with van der Waals surface area (Å²) in [6, 6.07) is 3.77. The van der Waals surface area contributed by atoms with Gasteiger partial charge in [-0.25, -0.2) is 0 Å². The van der Waals surface area contributed by atoms with Crippen molar-refractivity contribution >= 4 is 17.5 Å².